The molecule has 1 amide bonds. The highest BCUT2D eigenvalue weighted by Gasteiger charge is 2.29. The van der Waals surface area contributed by atoms with E-state index >= 15 is 0 Å². The van der Waals surface area contributed by atoms with Gasteiger partial charge >= 0.3 is 0 Å². The van der Waals surface area contributed by atoms with Crippen LogP contribution in [-0.4, -0.2) is 31.1 Å². The third kappa shape index (κ3) is 4.80. The van der Waals surface area contributed by atoms with Crippen LogP contribution >= 0.6 is 11.8 Å². The van der Waals surface area contributed by atoms with Crippen LogP contribution in [0.3, 0.4) is 0 Å². The van der Waals surface area contributed by atoms with Gasteiger partial charge in [0, 0.05) is 29.0 Å². The minimum Gasteiger partial charge on any atom is -0.463 e. The molecule has 9 nitrogen and oxygen atoms in total. The summed E-state index contributed by atoms with van der Waals surface area (Å²) in [5, 5.41) is 13.8. The molecule has 0 bridgehead atoms. The van der Waals surface area contributed by atoms with Crippen molar-refractivity contribution in [3.05, 3.63) is 54.6 Å². The van der Waals surface area contributed by atoms with Gasteiger partial charge in [0.2, 0.25) is 11.9 Å². The summed E-state index contributed by atoms with van der Waals surface area (Å²) in [4.78, 5) is 26.4. The monoisotopic (exact) mass is 447 g/mol. The Morgan fingerprint density at radius 3 is 2.75 bits per heavy atom. The number of nitrogens with one attached hydrogen (secondary N) is 3. The molecule has 3 aromatic heterocycles. The predicted octanol–water partition coefficient (Wildman–Crippen LogP) is 4.66. The number of anilines is 3. The molecule has 5 rings (SSSR count). The van der Waals surface area contributed by atoms with Crippen LogP contribution in [0.15, 0.2) is 63.2 Å². The molecule has 0 atom stereocenters. The number of benzene rings is 1. The fourth-order valence-electron chi connectivity index (χ4n) is 3.02. The van der Waals surface area contributed by atoms with Crippen molar-refractivity contribution in [1.29, 1.82) is 0 Å². The van der Waals surface area contributed by atoms with E-state index in [4.69, 9.17) is 4.42 Å². The highest BCUT2D eigenvalue weighted by Crippen LogP contribution is 2.31. The molecule has 4 aromatic rings. The molecule has 162 valence electrons. The van der Waals surface area contributed by atoms with Gasteiger partial charge in [0.15, 0.2) is 16.7 Å². The Kier molecular flexibility index (Phi) is 5.59. The molecule has 1 fully saturated rings. The maximum atomic E-state index is 11.9. The number of H-pyrrole nitrogens is 1. The number of hydrogen-bond acceptors (Lipinski definition) is 8. The number of aryl methyl sites for hydroxylation is 1. The van der Waals surface area contributed by atoms with Gasteiger partial charge in [0.1, 0.15) is 11.5 Å². The number of aromatic nitrogens is 5. The lowest BCUT2D eigenvalue weighted by molar-refractivity contribution is -0.117. The van der Waals surface area contributed by atoms with Gasteiger partial charge in [-0.1, -0.05) is 6.92 Å². The van der Waals surface area contributed by atoms with Crippen LogP contribution in [-0.2, 0) is 11.2 Å². The van der Waals surface area contributed by atoms with Crippen LogP contribution in [0.25, 0.3) is 11.5 Å². The number of furan rings is 1. The second-order valence-electron chi connectivity index (χ2n) is 7.37. The molecule has 0 spiro atoms. The van der Waals surface area contributed by atoms with E-state index in [0.717, 1.165) is 29.1 Å². The molecular weight excluding hydrogens is 426 g/mol. The van der Waals surface area contributed by atoms with Gasteiger partial charge in [-0.25, -0.2) is 4.98 Å². The summed E-state index contributed by atoms with van der Waals surface area (Å²) >= 11 is 1.43. The maximum absolute atomic E-state index is 11.9. The van der Waals surface area contributed by atoms with Crippen molar-refractivity contribution < 1.29 is 9.21 Å². The van der Waals surface area contributed by atoms with E-state index in [1.807, 2.05) is 49.4 Å². The fraction of sp³-hybridized carbons (Fsp3) is 0.227. The summed E-state index contributed by atoms with van der Waals surface area (Å²) in [7, 11) is 0. The van der Waals surface area contributed by atoms with Gasteiger partial charge in [-0.3, -0.25) is 9.89 Å². The molecule has 1 aliphatic rings. The molecule has 10 heteroatoms. The lowest BCUT2D eigenvalue weighted by Crippen LogP contribution is -2.12. The van der Waals surface area contributed by atoms with Crippen molar-refractivity contribution in [2.75, 3.05) is 10.6 Å². The first kappa shape index (κ1) is 20.3. The molecule has 1 saturated carbocycles. The third-order valence-corrected chi connectivity index (χ3v) is 5.73. The third-order valence-electron chi connectivity index (χ3n) is 4.86. The number of hydrogen-bond donors (Lipinski definition) is 3. The summed E-state index contributed by atoms with van der Waals surface area (Å²) in [6, 6.07) is 13.2. The van der Waals surface area contributed by atoms with Crippen molar-refractivity contribution in [1.82, 2.24) is 25.1 Å². The van der Waals surface area contributed by atoms with Crippen LogP contribution in [0.4, 0.5) is 17.5 Å². The Morgan fingerprint density at radius 1 is 1.19 bits per heavy atom. The van der Waals surface area contributed by atoms with Crippen LogP contribution in [0.5, 0.6) is 0 Å². The van der Waals surface area contributed by atoms with Crippen LogP contribution in [0, 0.1) is 5.92 Å². The predicted molar refractivity (Wildman–Crippen MR) is 121 cm³/mol. The Morgan fingerprint density at radius 2 is 2.03 bits per heavy atom. The number of carbonyl (C=O) groups is 1. The van der Waals surface area contributed by atoms with Gasteiger partial charge in [0.25, 0.3) is 0 Å². The number of rotatable bonds is 8. The van der Waals surface area contributed by atoms with E-state index in [2.05, 4.69) is 35.8 Å². The second-order valence-corrected chi connectivity index (χ2v) is 8.41. The second kappa shape index (κ2) is 8.83. The maximum Gasteiger partial charge on any atom is 0.232 e. The summed E-state index contributed by atoms with van der Waals surface area (Å²) in [6.07, 6.45) is 4.25. The molecule has 0 aliphatic heterocycles. The first-order chi connectivity index (χ1) is 15.7. The van der Waals surface area contributed by atoms with Crippen LogP contribution in [0.1, 0.15) is 25.6 Å². The number of aromatic amines is 1. The summed E-state index contributed by atoms with van der Waals surface area (Å²) in [5.41, 5.74) is 1.55. The zero-order valence-corrected chi connectivity index (χ0v) is 18.1. The largest absolute Gasteiger partial charge is 0.463 e. The van der Waals surface area contributed by atoms with Gasteiger partial charge in [-0.2, -0.15) is 15.1 Å². The number of nitrogens with zero attached hydrogens (tertiary/aromatic N) is 4. The van der Waals surface area contributed by atoms with E-state index in [0.29, 0.717) is 34.9 Å². The Bertz CT molecular complexity index is 1220. The molecular formula is C22H21N7O2S. The number of amides is 1. The molecule has 3 N–H and O–H groups in total. The molecule has 1 aromatic carbocycles. The normalized spacial score (nSPS) is 13.2. The van der Waals surface area contributed by atoms with Gasteiger partial charge < -0.3 is 15.1 Å². The summed E-state index contributed by atoms with van der Waals surface area (Å²) in [5.74, 6) is 2.65. The fourth-order valence-corrected chi connectivity index (χ4v) is 3.78. The van der Waals surface area contributed by atoms with Crippen molar-refractivity contribution in [2.24, 2.45) is 5.92 Å². The minimum absolute atomic E-state index is 0.0970. The lowest BCUT2D eigenvalue weighted by Gasteiger charge is -2.08. The smallest absolute Gasteiger partial charge is 0.232 e. The van der Waals surface area contributed by atoms with Crippen molar-refractivity contribution in [2.45, 2.75) is 36.2 Å². The Balaban J connectivity index is 1.29. The van der Waals surface area contributed by atoms with Crippen LogP contribution < -0.4 is 10.6 Å². The van der Waals surface area contributed by atoms with Gasteiger partial charge in [-0.15, -0.1) is 0 Å². The van der Waals surface area contributed by atoms with E-state index in [1.54, 1.807) is 6.26 Å². The molecule has 0 unspecified atom stereocenters. The lowest BCUT2D eigenvalue weighted by atomic mass is 10.3. The van der Waals surface area contributed by atoms with Crippen LogP contribution in [0.2, 0.25) is 0 Å². The van der Waals surface area contributed by atoms with E-state index in [1.165, 1.54) is 11.8 Å². The summed E-state index contributed by atoms with van der Waals surface area (Å²) < 4.78 is 5.38. The van der Waals surface area contributed by atoms with E-state index < -0.39 is 0 Å². The topological polar surface area (TPSA) is 122 Å². The molecule has 0 saturated heterocycles. The average Bonchev–Trinajstić information content (AvgIpc) is 3.31. The molecule has 32 heavy (non-hydrogen) atoms. The molecule has 0 radical (unpaired) electrons. The Hall–Kier alpha value is -3.66. The standard InChI is InChI=1S/C22H21N7O2S/c1-2-18-24-21(25-19-12-16(28-29-19)17-4-3-11-31-17)27-22(26-18)32-15-9-7-14(8-10-15)23-20(30)13-5-6-13/h3-4,7-13H,2,5-6H2,1H3,(H,23,30)(H2,24,25,26,27,28,29). The highest BCUT2D eigenvalue weighted by atomic mass is 32.2. The average molecular weight is 448 g/mol. The number of carbonyl (C=O) groups excluding carboxylic acids is 1. The summed E-state index contributed by atoms with van der Waals surface area (Å²) in [6.45, 7) is 1.99. The van der Waals surface area contributed by atoms with Crippen molar-refractivity contribution in [3.63, 3.8) is 0 Å². The van der Waals surface area contributed by atoms with Crippen molar-refractivity contribution >= 4 is 35.1 Å². The first-order valence-corrected chi connectivity index (χ1v) is 11.2. The van der Waals surface area contributed by atoms with E-state index in [-0.39, 0.29) is 11.8 Å². The zero-order valence-electron chi connectivity index (χ0n) is 17.3. The Labute approximate surface area is 188 Å². The molecule has 1 aliphatic carbocycles. The zero-order chi connectivity index (χ0) is 21.9. The van der Waals surface area contributed by atoms with E-state index in [9.17, 15) is 4.79 Å². The quantitative estimate of drug-likeness (QED) is 0.356. The molecule has 3 heterocycles. The minimum atomic E-state index is 0.0970. The highest BCUT2D eigenvalue weighted by molar-refractivity contribution is 7.99. The van der Waals surface area contributed by atoms with Gasteiger partial charge in [-0.05, 0) is 61.0 Å². The SMILES string of the molecule is CCc1nc(Nc2cc(-c3ccco3)[nH]n2)nc(Sc2ccc(NC(=O)C3CC3)cc2)n1. The van der Waals surface area contributed by atoms with Crippen molar-refractivity contribution in [3.8, 4) is 11.5 Å². The van der Waals surface area contributed by atoms with Gasteiger partial charge in [0.05, 0.1) is 6.26 Å². The first-order valence-electron chi connectivity index (χ1n) is 10.4.